The van der Waals surface area contributed by atoms with Crippen molar-refractivity contribution in [3.05, 3.63) is 33.8 Å². The summed E-state index contributed by atoms with van der Waals surface area (Å²) in [6, 6.07) is 5.45. The standard InChI is InChI=1S/C12H15BrO3/c1-7-4-5-8(9(13)6-7)10(14)12(2,3)11(15)16/h4-6,10,14H,1-3H3,(H,15,16). The number of aliphatic hydroxyl groups excluding tert-OH is 1. The smallest absolute Gasteiger partial charge is 0.312 e. The van der Waals surface area contributed by atoms with Gasteiger partial charge >= 0.3 is 5.97 Å². The summed E-state index contributed by atoms with van der Waals surface area (Å²) in [5, 5.41) is 19.1. The third-order valence-corrected chi connectivity index (χ3v) is 3.37. The minimum Gasteiger partial charge on any atom is -0.481 e. The second-order valence-corrected chi connectivity index (χ2v) is 5.31. The van der Waals surface area contributed by atoms with Crippen LogP contribution in [0.5, 0.6) is 0 Å². The van der Waals surface area contributed by atoms with Crippen molar-refractivity contribution in [1.82, 2.24) is 0 Å². The number of carbonyl (C=O) groups is 1. The lowest BCUT2D eigenvalue weighted by atomic mass is 9.82. The molecule has 2 N–H and O–H groups in total. The first-order valence-corrected chi connectivity index (χ1v) is 5.73. The predicted molar refractivity (Wildman–Crippen MR) is 65.3 cm³/mol. The molecule has 1 aromatic carbocycles. The third kappa shape index (κ3) is 2.44. The van der Waals surface area contributed by atoms with Gasteiger partial charge in [0.25, 0.3) is 0 Å². The molecule has 16 heavy (non-hydrogen) atoms. The molecule has 0 fully saturated rings. The average molecular weight is 287 g/mol. The van der Waals surface area contributed by atoms with Gasteiger partial charge in [-0.3, -0.25) is 4.79 Å². The van der Waals surface area contributed by atoms with Crippen molar-refractivity contribution < 1.29 is 15.0 Å². The maximum absolute atomic E-state index is 11.0. The lowest BCUT2D eigenvalue weighted by Gasteiger charge is -2.27. The van der Waals surface area contributed by atoms with Crippen LogP contribution in [-0.4, -0.2) is 16.2 Å². The molecule has 0 radical (unpaired) electrons. The summed E-state index contributed by atoms with van der Waals surface area (Å²) in [6.45, 7) is 4.95. The average Bonchev–Trinajstić information content (AvgIpc) is 2.16. The predicted octanol–water partition coefficient (Wildman–Crippen LogP) is 2.90. The number of rotatable bonds is 3. The summed E-state index contributed by atoms with van der Waals surface area (Å²) < 4.78 is 0.731. The molecule has 0 heterocycles. The van der Waals surface area contributed by atoms with E-state index in [0.717, 1.165) is 10.0 Å². The van der Waals surface area contributed by atoms with Gasteiger partial charge in [-0.2, -0.15) is 0 Å². The normalized spacial score (nSPS) is 13.6. The van der Waals surface area contributed by atoms with E-state index >= 15 is 0 Å². The number of benzene rings is 1. The van der Waals surface area contributed by atoms with Gasteiger partial charge in [0.1, 0.15) is 0 Å². The van der Waals surface area contributed by atoms with Crippen molar-refractivity contribution in [2.24, 2.45) is 5.41 Å². The zero-order chi connectivity index (χ0) is 12.5. The number of aliphatic hydroxyl groups is 1. The van der Waals surface area contributed by atoms with E-state index in [-0.39, 0.29) is 0 Å². The zero-order valence-electron chi connectivity index (χ0n) is 9.49. The number of halogens is 1. The van der Waals surface area contributed by atoms with Crippen molar-refractivity contribution >= 4 is 21.9 Å². The van der Waals surface area contributed by atoms with E-state index in [1.54, 1.807) is 6.07 Å². The molecule has 0 saturated carbocycles. The van der Waals surface area contributed by atoms with Crippen molar-refractivity contribution in [2.45, 2.75) is 26.9 Å². The first-order valence-electron chi connectivity index (χ1n) is 4.94. The minimum atomic E-state index is -1.21. The first kappa shape index (κ1) is 13.2. The fourth-order valence-electron chi connectivity index (χ4n) is 1.36. The number of aryl methyl sites for hydroxylation is 1. The van der Waals surface area contributed by atoms with Gasteiger partial charge in [-0.15, -0.1) is 0 Å². The highest BCUT2D eigenvalue weighted by molar-refractivity contribution is 9.10. The molecule has 1 aromatic rings. The quantitative estimate of drug-likeness (QED) is 0.898. The Bertz CT molecular complexity index is 413. The number of carboxylic acid groups (broad SMARTS) is 1. The van der Waals surface area contributed by atoms with E-state index in [1.165, 1.54) is 13.8 Å². The van der Waals surface area contributed by atoms with Crippen LogP contribution in [0.1, 0.15) is 31.1 Å². The molecule has 0 bridgehead atoms. The van der Waals surface area contributed by atoms with Gasteiger partial charge in [-0.05, 0) is 38.0 Å². The largest absolute Gasteiger partial charge is 0.481 e. The SMILES string of the molecule is Cc1ccc(C(O)C(C)(C)C(=O)O)c(Br)c1. The molecule has 0 spiro atoms. The molecule has 0 aliphatic carbocycles. The topological polar surface area (TPSA) is 57.5 Å². The molecular weight excluding hydrogens is 272 g/mol. The van der Waals surface area contributed by atoms with Crippen LogP contribution < -0.4 is 0 Å². The van der Waals surface area contributed by atoms with Crippen LogP contribution in [0.3, 0.4) is 0 Å². The molecule has 4 heteroatoms. The van der Waals surface area contributed by atoms with Crippen molar-refractivity contribution in [3.63, 3.8) is 0 Å². The fourth-order valence-corrected chi connectivity index (χ4v) is 2.07. The number of hydrogen-bond acceptors (Lipinski definition) is 2. The summed E-state index contributed by atoms with van der Waals surface area (Å²) in [6.07, 6.45) is -1.04. The van der Waals surface area contributed by atoms with E-state index in [2.05, 4.69) is 15.9 Å². The Balaban J connectivity index is 3.14. The molecule has 0 aromatic heterocycles. The van der Waals surface area contributed by atoms with E-state index in [4.69, 9.17) is 5.11 Å². The number of aliphatic carboxylic acids is 1. The van der Waals surface area contributed by atoms with Crippen LogP contribution >= 0.6 is 15.9 Å². The summed E-state index contributed by atoms with van der Waals surface area (Å²) in [4.78, 5) is 11.0. The van der Waals surface area contributed by atoms with Gasteiger partial charge in [0, 0.05) is 4.47 Å². The minimum absolute atomic E-state index is 0.595. The van der Waals surface area contributed by atoms with Gasteiger partial charge < -0.3 is 10.2 Å². The highest BCUT2D eigenvalue weighted by Gasteiger charge is 2.37. The molecule has 0 amide bonds. The second-order valence-electron chi connectivity index (χ2n) is 4.45. The first-order chi connectivity index (χ1) is 7.26. The Hall–Kier alpha value is -0.870. The molecule has 0 saturated heterocycles. The Morgan fingerprint density at radius 2 is 2.00 bits per heavy atom. The summed E-state index contributed by atoms with van der Waals surface area (Å²) >= 11 is 3.34. The molecule has 1 atom stereocenters. The molecule has 0 aliphatic rings. The van der Waals surface area contributed by atoms with Crippen molar-refractivity contribution in [3.8, 4) is 0 Å². The van der Waals surface area contributed by atoms with E-state index in [9.17, 15) is 9.90 Å². The number of carboxylic acids is 1. The van der Waals surface area contributed by atoms with Crippen LogP contribution in [0.4, 0.5) is 0 Å². The Morgan fingerprint density at radius 3 is 2.44 bits per heavy atom. The van der Waals surface area contributed by atoms with Crippen LogP contribution in [0.25, 0.3) is 0 Å². The van der Waals surface area contributed by atoms with Crippen molar-refractivity contribution in [2.75, 3.05) is 0 Å². The fraction of sp³-hybridized carbons (Fsp3) is 0.417. The molecular formula is C12H15BrO3. The lowest BCUT2D eigenvalue weighted by Crippen LogP contribution is -2.31. The Morgan fingerprint density at radius 1 is 1.44 bits per heavy atom. The summed E-state index contributed by atoms with van der Waals surface area (Å²) in [5.74, 6) is -1.02. The van der Waals surface area contributed by atoms with E-state index < -0.39 is 17.5 Å². The van der Waals surface area contributed by atoms with Gasteiger partial charge in [-0.25, -0.2) is 0 Å². The van der Waals surface area contributed by atoms with Gasteiger partial charge in [0.05, 0.1) is 11.5 Å². The molecule has 0 aliphatic heterocycles. The van der Waals surface area contributed by atoms with E-state index in [0.29, 0.717) is 5.56 Å². The van der Waals surface area contributed by atoms with Crippen LogP contribution in [-0.2, 0) is 4.79 Å². The van der Waals surface area contributed by atoms with Crippen LogP contribution in [0.15, 0.2) is 22.7 Å². The maximum Gasteiger partial charge on any atom is 0.312 e. The highest BCUT2D eigenvalue weighted by atomic mass is 79.9. The van der Waals surface area contributed by atoms with Gasteiger partial charge in [0.2, 0.25) is 0 Å². The van der Waals surface area contributed by atoms with Crippen LogP contribution in [0.2, 0.25) is 0 Å². The second kappa shape index (κ2) is 4.55. The van der Waals surface area contributed by atoms with Crippen LogP contribution in [0, 0.1) is 12.3 Å². The molecule has 1 rings (SSSR count). The maximum atomic E-state index is 11.0. The zero-order valence-corrected chi connectivity index (χ0v) is 11.1. The molecule has 3 nitrogen and oxygen atoms in total. The Kier molecular flexibility index (Phi) is 3.76. The summed E-state index contributed by atoms with van der Waals surface area (Å²) in [7, 11) is 0. The third-order valence-electron chi connectivity index (χ3n) is 2.69. The van der Waals surface area contributed by atoms with E-state index in [1.807, 2.05) is 19.1 Å². The van der Waals surface area contributed by atoms with Gasteiger partial charge in [0.15, 0.2) is 0 Å². The molecule has 1 unspecified atom stereocenters. The Labute approximate surface area is 103 Å². The highest BCUT2D eigenvalue weighted by Crippen LogP contribution is 2.37. The molecule has 88 valence electrons. The van der Waals surface area contributed by atoms with Gasteiger partial charge in [-0.1, -0.05) is 28.1 Å². The monoisotopic (exact) mass is 286 g/mol. The lowest BCUT2D eigenvalue weighted by molar-refractivity contribution is -0.153. The summed E-state index contributed by atoms with van der Waals surface area (Å²) in [5.41, 5.74) is 0.437. The van der Waals surface area contributed by atoms with Crippen molar-refractivity contribution in [1.29, 1.82) is 0 Å². The number of hydrogen-bond donors (Lipinski definition) is 2.